The second kappa shape index (κ2) is 26.5. The molecule has 0 aliphatic rings. The number of hydrogen-bond acceptors (Lipinski definition) is 16. The van der Waals surface area contributed by atoms with Gasteiger partial charge in [-0.25, -0.2) is 4.79 Å². The number of primary amides is 1. The number of carbonyl (C=O) groups is 10. The summed E-state index contributed by atoms with van der Waals surface area (Å²) in [4.78, 5) is 126. The highest BCUT2D eigenvalue weighted by Crippen LogP contribution is 2.06. The van der Waals surface area contributed by atoms with Gasteiger partial charge in [-0.15, -0.1) is 0 Å². The van der Waals surface area contributed by atoms with Gasteiger partial charge in [-0.2, -0.15) is 25.3 Å². The van der Waals surface area contributed by atoms with Crippen LogP contribution in [0, 0.1) is 0 Å². The van der Waals surface area contributed by atoms with E-state index >= 15 is 0 Å². The van der Waals surface area contributed by atoms with Gasteiger partial charge in [-0.05, 0) is 19.4 Å². The zero-order valence-corrected chi connectivity index (χ0v) is 34.2. The van der Waals surface area contributed by atoms with E-state index in [-0.39, 0.29) is 17.9 Å². The van der Waals surface area contributed by atoms with Crippen LogP contribution < -0.4 is 54.0 Å². The number of hydrogen-bond donors (Lipinski definition) is 16. The smallest absolute Gasteiger partial charge is 0.327 e. The highest BCUT2D eigenvalue weighted by Gasteiger charge is 2.33. The molecule has 0 heterocycles. The molecule has 0 aliphatic heterocycles. The van der Waals surface area contributed by atoms with Crippen LogP contribution in [0.5, 0.6) is 0 Å². The van der Waals surface area contributed by atoms with Gasteiger partial charge in [0.05, 0.1) is 38.3 Å². The van der Waals surface area contributed by atoms with Gasteiger partial charge in [-0.1, -0.05) is 30.3 Å². The number of amides is 9. The first-order chi connectivity index (χ1) is 28.2. The Kier molecular flexibility index (Phi) is 23.2. The average Bonchev–Trinajstić information content (AvgIpc) is 3.20. The third-order valence-corrected chi connectivity index (χ3v) is 8.93. The molecule has 0 saturated carbocycles. The first-order valence-electron chi connectivity index (χ1n) is 18.0. The van der Waals surface area contributed by atoms with Crippen LogP contribution in [0.2, 0.25) is 0 Å². The number of rotatable bonds is 26. The van der Waals surface area contributed by atoms with E-state index < -0.39 is 140 Å². The van der Waals surface area contributed by atoms with E-state index in [0.717, 1.165) is 6.92 Å². The van der Waals surface area contributed by atoms with E-state index in [1.54, 1.807) is 30.3 Å². The first-order valence-corrected chi connectivity index (χ1v) is 19.3. The van der Waals surface area contributed by atoms with Crippen molar-refractivity contribution in [2.45, 2.75) is 81.1 Å². The van der Waals surface area contributed by atoms with Gasteiger partial charge >= 0.3 is 5.97 Å². The van der Waals surface area contributed by atoms with Crippen LogP contribution in [-0.2, 0) is 54.4 Å². The minimum absolute atomic E-state index is 0.0833. The number of aliphatic hydroxyl groups excluding tert-OH is 3. The standard InChI is InChI=1S/C34H52N10O14S2/c1-15(38-33(56)26(16(2)47)44-28(51)18(35)13-59)27(50)40-20(9-24(36)48)31(54)42-21(11-45)29(52)37-10-25(49)39-22(12-46)32(55)41-19(8-17-6-4-3-5-7-17)30(53)43-23(14-60)34(57)58/h3-7,15-16,18-23,26,45-47,59-60H,8-14,35H2,1-2H3,(H2,36,48)(H,37,52)(H,38,56)(H,39,49)(H,40,50)(H,41,55)(H,42,54)(H,43,53)(H,44,51)(H,57,58)/t15-,16+,18-,19-,20-,21-,22-,23-,26-/m0/s1. The molecular formula is C34H52N10O14S2. The molecule has 0 saturated heterocycles. The van der Waals surface area contributed by atoms with E-state index in [0.29, 0.717) is 5.56 Å². The monoisotopic (exact) mass is 888 g/mol. The molecule has 26 heteroatoms. The van der Waals surface area contributed by atoms with Crippen LogP contribution in [0.15, 0.2) is 30.3 Å². The van der Waals surface area contributed by atoms with Crippen molar-refractivity contribution in [1.29, 1.82) is 0 Å². The first kappa shape index (κ1) is 52.5. The van der Waals surface area contributed by atoms with Gasteiger partial charge in [0.1, 0.15) is 42.3 Å². The van der Waals surface area contributed by atoms with E-state index in [9.17, 15) is 68.4 Å². The minimum Gasteiger partial charge on any atom is -0.480 e. The van der Waals surface area contributed by atoms with Gasteiger partial charge in [0.15, 0.2) is 0 Å². The number of carboxylic acids is 1. The highest BCUT2D eigenvalue weighted by atomic mass is 32.1. The molecule has 24 nitrogen and oxygen atoms in total. The van der Waals surface area contributed by atoms with Crippen molar-refractivity contribution in [3.05, 3.63) is 35.9 Å². The lowest BCUT2D eigenvalue weighted by atomic mass is 10.0. The summed E-state index contributed by atoms with van der Waals surface area (Å²) >= 11 is 7.79. The molecule has 0 unspecified atom stereocenters. The molecule has 0 bridgehead atoms. The number of aliphatic hydroxyl groups is 3. The Hall–Kier alpha value is -5.54. The minimum atomic E-state index is -1.80. The molecule has 0 radical (unpaired) electrons. The van der Waals surface area contributed by atoms with Crippen molar-refractivity contribution < 1.29 is 68.4 Å². The number of nitrogens with one attached hydrogen (secondary N) is 8. The highest BCUT2D eigenvalue weighted by molar-refractivity contribution is 7.80. The van der Waals surface area contributed by atoms with Crippen LogP contribution in [0.1, 0.15) is 25.8 Å². The Balaban J connectivity index is 2.93. The molecule has 0 aromatic heterocycles. The molecule has 9 amide bonds. The zero-order valence-electron chi connectivity index (χ0n) is 32.5. The fourth-order valence-corrected chi connectivity index (χ4v) is 5.22. The molecule has 0 spiro atoms. The molecule has 0 fully saturated rings. The fraction of sp³-hybridized carbons (Fsp3) is 0.529. The summed E-state index contributed by atoms with van der Waals surface area (Å²) in [5, 5.41) is 56.5. The second-order valence-corrected chi connectivity index (χ2v) is 13.8. The summed E-state index contributed by atoms with van der Waals surface area (Å²) in [5.41, 5.74) is 11.4. The Morgan fingerprint density at radius 1 is 0.633 bits per heavy atom. The summed E-state index contributed by atoms with van der Waals surface area (Å²) in [5.74, 6) is -11.2. The largest absolute Gasteiger partial charge is 0.480 e. The van der Waals surface area contributed by atoms with Gasteiger partial charge < -0.3 is 74.4 Å². The molecule has 16 N–H and O–H groups in total. The van der Waals surface area contributed by atoms with Gasteiger partial charge in [0.25, 0.3) is 0 Å². The lowest BCUT2D eigenvalue weighted by molar-refractivity contribution is -0.141. The maximum atomic E-state index is 13.1. The Morgan fingerprint density at radius 3 is 1.67 bits per heavy atom. The summed E-state index contributed by atoms with van der Waals surface area (Å²) < 4.78 is 0. The Bertz CT molecular complexity index is 1690. The van der Waals surface area contributed by atoms with Crippen molar-refractivity contribution in [1.82, 2.24) is 42.5 Å². The van der Waals surface area contributed by atoms with Gasteiger partial charge in [0.2, 0.25) is 53.2 Å². The average molecular weight is 889 g/mol. The quantitative estimate of drug-likeness (QED) is 0.0384. The van der Waals surface area contributed by atoms with Crippen LogP contribution in [0.4, 0.5) is 0 Å². The fourth-order valence-electron chi connectivity index (χ4n) is 4.81. The third kappa shape index (κ3) is 18.2. The van der Waals surface area contributed by atoms with E-state index in [1.165, 1.54) is 6.92 Å². The maximum Gasteiger partial charge on any atom is 0.327 e. The third-order valence-electron chi connectivity index (χ3n) is 8.17. The normalized spacial score (nSPS) is 15.3. The number of thiol groups is 2. The van der Waals surface area contributed by atoms with Crippen LogP contribution in [0.25, 0.3) is 0 Å². The Labute approximate surface area is 354 Å². The number of aliphatic carboxylic acids is 1. The molecule has 0 aliphatic carbocycles. The van der Waals surface area contributed by atoms with Crippen molar-refractivity contribution in [2.24, 2.45) is 11.5 Å². The summed E-state index contributed by atoms with van der Waals surface area (Å²) in [6.07, 6.45) is -2.40. The van der Waals surface area contributed by atoms with E-state index in [1.807, 2.05) is 0 Å². The molecule has 1 aromatic rings. The molecule has 9 atom stereocenters. The number of benzene rings is 1. The zero-order chi connectivity index (χ0) is 45.7. The van der Waals surface area contributed by atoms with E-state index in [4.69, 9.17) is 11.5 Å². The molecule has 60 heavy (non-hydrogen) atoms. The predicted octanol–water partition coefficient (Wildman–Crippen LogP) is -7.73. The van der Waals surface area contributed by atoms with Gasteiger partial charge in [-0.3, -0.25) is 43.2 Å². The lowest BCUT2D eigenvalue weighted by Gasteiger charge is -2.25. The van der Waals surface area contributed by atoms with E-state index in [2.05, 4.69) is 67.8 Å². The number of carboxylic acid groups (broad SMARTS) is 1. The van der Waals surface area contributed by atoms with Crippen LogP contribution in [0.3, 0.4) is 0 Å². The molecular weight excluding hydrogens is 837 g/mol. The Morgan fingerprint density at radius 2 is 1.15 bits per heavy atom. The van der Waals surface area contributed by atoms with Crippen LogP contribution >= 0.6 is 25.3 Å². The summed E-state index contributed by atoms with van der Waals surface area (Å²) in [6.45, 7) is -0.617. The molecule has 334 valence electrons. The number of carbonyl (C=O) groups excluding carboxylic acids is 9. The topological polar surface area (TPSA) is 400 Å². The summed E-state index contributed by atoms with van der Waals surface area (Å²) in [6, 6.07) is -3.89. The lowest BCUT2D eigenvalue weighted by Crippen LogP contribution is -2.60. The second-order valence-electron chi connectivity index (χ2n) is 13.1. The van der Waals surface area contributed by atoms with Crippen molar-refractivity contribution in [3.63, 3.8) is 0 Å². The molecule has 1 aromatic carbocycles. The van der Waals surface area contributed by atoms with Crippen LogP contribution in [-0.4, -0.2) is 165 Å². The SMILES string of the molecule is C[C@H](NC(=O)[C@@H](NC(=O)[C@@H](N)CS)[C@@H](C)O)C(=O)N[C@@H](CC(N)=O)C(=O)N[C@@H](CO)C(=O)NCC(=O)N[C@@H](CO)C(=O)N[C@@H](Cc1ccccc1)C(=O)N[C@@H](CS)C(=O)O. The van der Waals surface area contributed by atoms with Crippen molar-refractivity contribution in [2.75, 3.05) is 31.3 Å². The van der Waals surface area contributed by atoms with Crippen molar-refractivity contribution >= 4 is 84.4 Å². The molecule has 1 rings (SSSR count). The van der Waals surface area contributed by atoms with Crippen molar-refractivity contribution in [3.8, 4) is 0 Å². The number of nitrogens with two attached hydrogens (primary N) is 2. The maximum absolute atomic E-state index is 13.1. The predicted molar refractivity (Wildman–Crippen MR) is 215 cm³/mol. The summed E-state index contributed by atoms with van der Waals surface area (Å²) in [7, 11) is 0. The van der Waals surface area contributed by atoms with Gasteiger partial charge in [0, 0.05) is 17.9 Å².